The van der Waals surface area contributed by atoms with E-state index in [0.717, 1.165) is 29.0 Å². The lowest BCUT2D eigenvalue weighted by Crippen LogP contribution is -2.54. The lowest BCUT2D eigenvalue weighted by Gasteiger charge is -2.45. The van der Waals surface area contributed by atoms with Crippen molar-refractivity contribution in [3.05, 3.63) is 45.5 Å². The summed E-state index contributed by atoms with van der Waals surface area (Å²) in [6, 6.07) is 1.86. The van der Waals surface area contributed by atoms with Gasteiger partial charge in [0.2, 0.25) is 0 Å². The van der Waals surface area contributed by atoms with E-state index in [4.69, 9.17) is 11.6 Å². The van der Waals surface area contributed by atoms with Crippen LogP contribution in [-0.4, -0.2) is 43.0 Å². The smallest absolute Gasteiger partial charge is 0.387 e. The first-order chi connectivity index (χ1) is 13.2. The highest BCUT2D eigenvalue weighted by Gasteiger charge is 2.45. The van der Waals surface area contributed by atoms with E-state index in [1.165, 1.54) is 6.20 Å². The fourth-order valence-electron chi connectivity index (χ4n) is 2.88. The Morgan fingerprint density at radius 3 is 2.71 bits per heavy atom. The highest BCUT2D eigenvalue weighted by atomic mass is 35.5. The van der Waals surface area contributed by atoms with Gasteiger partial charge in [-0.2, -0.15) is 34.7 Å². The summed E-state index contributed by atoms with van der Waals surface area (Å²) in [5, 5.41) is 17.4. The van der Waals surface area contributed by atoms with Crippen molar-refractivity contribution >= 4 is 29.1 Å². The van der Waals surface area contributed by atoms with Crippen LogP contribution in [-0.2, 0) is 6.18 Å². The third-order valence-electron chi connectivity index (χ3n) is 4.60. The molecule has 0 saturated heterocycles. The van der Waals surface area contributed by atoms with Crippen LogP contribution in [0.2, 0.25) is 5.02 Å². The molecule has 0 aliphatic heterocycles. The summed E-state index contributed by atoms with van der Waals surface area (Å²) >= 11 is 7.79. The highest BCUT2D eigenvalue weighted by Crippen LogP contribution is 2.41. The van der Waals surface area contributed by atoms with Crippen LogP contribution in [0.15, 0.2) is 29.3 Å². The average Bonchev–Trinajstić information content (AvgIpc) is 2.65. The van der Waals surface area contributed by atoms with Gasteiger partial charge in [-0.3, -0.25) is 4.79 Å². The number of aliphatic hydroxyl groups is 1. The van der Waals surface area contributed by atoms with Crippen molar-refractivity contribution in [2.24, 2.45) is 0 Å². The summed E-state index contributed by atoms with van der Waals surface area (Å²) in [5.74, 6) is 0.814. The predicted molar refractivity (Wildman–Crippen MR) is 102 cm³/mol. The Hall–Kier alpha value is -1.78. The van der Waals surface area contributed by atoms with Gasteiger partial charge in [-0.15, -0.1) is 0 Å². The van der Waals surface area contributed by atoms with Crippen LogP contribution in [0.25, 0.3) is 5.82 Å². The van der Waals surface area contributed by atoms with Crippen LogP contribution < -0.4 is 10.9 Å². The van der Waals surface area contributed by atoms with Gasteiger partial charge < -0.3 is 10.4 Å². The van der Waals surface area contributed by atoms with Gasteiger partial charge in [0.1, 0.15) is 5.02 Å². The number of nitrogens with one attached hydrogen (secondary N) is 1. The number of hydrogen-bond donors (Lipinski definition) is 2. The van der Waals surface area contributed by atoms with Crippen molar-refractivity contribution < 1.29 is 18.3 Å². The zero-order valence-electron chi connectivity index (χ0n) is 14.8. The number of rotatable bonds is 6. The third kappa shape index (κ3) is 4.13. The summed E-state index contributed by atoms with van der Waals surface area (Å²) in [6.07, 6.45) is -1.04. The van der Waals surface area contributed by atoms with Gasteiger partial charge in [0.05, 0.1) is 23.0 Å². The second kappa shape index (κ2) is 7.92. The van der Waals surface area contributed by atoms with Gasteiger partial charge >= 0.3 is 6.18 Å². The molecule has 1 fully saturated rings. The van der Waals surface area contributed by atoms with Gasteiger partial charge in [-0.05, 0) is 30.7 Å². The molecule has 11 heteroatoms. The van der Waals surface area contributed by atoms with Gasteiger partial charge in [-0.1, -0.05) is 18.5 Å². The molecule has 2 unspecified atom stereocenters. The SMILES string of the molecule is CCSC1CCC1(O)CNc1cnn(-c2ccc(C(F)(F)F)cn2)c(=O)c1Cl. The van der Waals surface area contributed by atoms with Crippen molar-refractivity contribution in [2.75, 3.05) is 17.6 Å². The van der Waals surface area contributed by atoms with Gasteiger partial charge in [-0.25, -0.2) is 4.98 Å². The van der Waals surface area contributed by atoms with Crippen molar-refractivity contribution in [3.63, 3.8) is 0 Å². The highest BCUT2D eigenvalue weighted by molar-refractivity contribution is 8.00. The van der Waals surface area contributed by atoms with E-state index in [1.807, 2.05) is 6.92 Å². The van der Waals surface area contributed by atoms with Gasteiger partial charge in [0, 0.05) is 18.0 Å². The maximum atomic E-state index is 12.6. The molecule has 1 aliphatic rings. The molecule has 0 radical (unpaired) electrons. The van der Waals surface area contributed by atoms with Crippen LogP contribution in [0, 0.1) is 0 Å². The van der Waals surface area contributed by atoms with E-state index in [2.05, 4.69) is 15.4 Å². The van der Waals surface area contributed by atoms with Crippen LogP contribution in [0.4, 0.5) is 18.9 Å². The van der Waals surface area contributed by atoms with Gasteiger partial charge in [0.25, 0.3) is 5.56 Å². The molecule has 0 bridgehead atoms. The molecule has 0 amide bonds. The summed E-state index contributed by atoms with van der Waals surface area (Å²) in [6.45, 7) is 2.24. The summed E-state index contributed by atoms with van der Waals surface area (Å²) in [4.78, 5) is 16.1. The zero-order chi connectivity index (χ0) is 20.5. The van der Waals surface area contributed by atoms with Crippen molar-refractivity contribution in [1.29, 1.82) is 0 Å². The predicted octanol–water partition coefficient (Wildman–Crippen LogP) is 3.36. The Morgan fingerprint density at radius 2 is 2.18 bits per heavy atom. The number of hydrogen-bond acceptors (Lipinski definition) is 6. The molecule has 0 spiro atoms. The monoisotopic (exact) mass is 434 g/mol. The number of aromatic nitrogens is 3. The number of nitrogens with zero attached hydrogens (tertiary/aromatic N) is 3. The lowest BCUT2D eigenvalue weighted by molar-refractivity contribution is -0.137. The zero-order valence-corrected chi connectivity index (χ0v) is 16.4. The Labute approximate surface area is 168 Å². The topological polar surface area (TPSA) is 80.0 Å². The average molecular weight is 435 g/mol. The minimum absolute atomic E-state index is 0.0801. The summed E-state index contributed by atoms with van der Waals surface area (Å²) in [7, 11) is 0. The third-order valence-corrected chi connectivity index (χ3v) is 6.38. The normalized spacial score (nSPS) is 22.0. The molecule has 2 aromatic rings. The fraction of sp³-hybridized carbons (Fsp3) is 0.471. The standard InChI is InChI=1S/C17H18ClF3N4O2S/c1-2-28-12-5-6-16(12,27)9-23-11-8-24-25(15(26)14(11)18)13-4-3-10(7-22-13)17(19,20)21/h3-4,7-8,12,23,27H,2,5-6,9H2,1H3. The first kappa shape index (κ1) is 20.9. The fourth-order valence-corrected chi connectivity index (χ4v) is 4.28. The van der Waals surface area contributed by atoms with E-state index in [1.54, 1.807) is 11.8 Å². The number of halogens is 4. The first-order valence-electron chi connectivity index (χ1n) is 8.55. The second-order valence-electron chi connectivity index (χ2n) is 6.43. The van der Waals surface area contributed by atoms with Gasteiger partial charge in [0.15, 0.2) is 5.82 Å². The molecule has 2 N–H and O–H groups in total. The largest absolute Gasteiger partial charge is 0.417 e. The van der Waals surface area contributed by atoms with Crippen LogP contribution in [0.5, 0.6) is 0 Å². The first-order valence-corrected chi connectivity index (χ1v) is 9.97. The van der Waals surface area contributed by atoms with Crippen molar-refractivity contribution in [2.45, 2.75) is 36.8 Å². The molecule has 6 nitrogen and oxygen atoms in total. The number of anilines is 1. The Balaban J connectivity index is 1.77. The van der Waals surface area contributed by atoms with E-state index in [0.29, 0.717) is 12.6 Å². The molecule has 152 valence electrons. The van der Waals surface area contributed by atoms with E-state index in [9.17, 15) is 23.1 Å². The second-order valence-corrected chi connectivity index (χ2v) is 8.29. The number of thioether (sulfide) groups is 1. The Kier molecular flexibility index (Phi) is 5.92. The quantitative estimate of drug-likeness (QED) is 0.725. The lowest BCUT2D eigenvalue weighted by atomic mass is 9.79. The molecule has 2 heterocycles. The van der Waals surface area contributed by atoms with E-state index >= 15 is 0 Å². The maximum absolute atomic E-state index is 12.6. The van der Waals surface area contributed by atoms with Crippen molar-refractivity contribution in [3.8, 4) is 5.82 Å². The molecule has 28 heavy (non-hydrogen) atoms. The molecule has 1 aliphatic carbocycles. The Bertz CT molecular complexity index is 907. The van der Waals surface area contributed by atoms with E-state index < -0.39 is 22.9 Å². The molecule has 0 aromatic carbocycles. The van der Waals surface area contributed by atoms with Crippen LogP contribution in [0.1, 0.15) is 25.3 Å². The molecule has 3 rings (SSSR count). The molecule has 1 saturated carbocycles. The van der Waals surface area contributed by atoms with Crippen LogP contribution >= 0.6 is 23.4 Å². The molecular weight excluding hydrogens is 417 g/mol. The molecule has 2 atom stereocenters. The Morgan fingerprint density at radius 1 is 1.43 bits per heavy atom. The number of alkyl halides is 3. The maximum Gasteiger partial charge on any atom is 0.417 e. The number of pyridine rings is 1. The summed E-state index contributed by atoms with van der Waals surface area (Å²) in [5.41, 5.74) is -2.29. The molecule has 2 aromatic heterocycles. The summed E-state index contributed by atoms with van der Waals surface area (Å²) < 4.78 is 38.7. The minimum atomic E-state index is -4.52. The van der Waals surface area contributed by atoms with E-state index in [-0.39, 0.29) is 28.3 Å². The molecular formula is C17H18ClF3N4O2S. The van der Waals surface area contributed by atoms with Crippen LogP contribution in [0.3, 0.4) is 0 Å². The minimum Gasteiger partial charge on any atom is -0.387 e. The van der Waals surface area contributed by atoms with Crippen molar-refractivity contribution in [1.82, 2.24) is 14.8 Å².